The quantitative estimate of drug-likeness (QED) is 0.939. The smallest absolute Gasteiger partial charge is 0.335 e. The van der Waals surface area contributed by atoms with E-state index in [0.29, 0.717) is 17.5 Å². The zero-order chi connectivity index (χ0) is 15.0. The van der Waals surface area contributed by atoms with Crippen LogP contribution in [0.25, 0.3) is 10.9 Å². The molecule has 1 atom stereocenters. The monoisotopic (exact) mass is 285 g/mol. The van der Waals surface area contributed by atoms with Crippen LogP contribution >= 0.6 is 0 Å². The van der Waals surface area contributed by atoms with Crippen molar-refractivity contribution in [2.45, 2.75) is 32.7 Å². The number of hydrogen-bond acceptors (Lipinski definition) is 4. The molecule has 1 aromatic carbocycles. The summed E-state index contributed by atoms with van der Waals surface area (Å²) < 4.78 is 0. The second kappa shape index (κ2) is 5.31. The molecular formula is C16H19N3O2. The topological polar surface area (TPSA) is 66.3 Å². The Morgan fingerprint density at radius 3 is 2.90 bits per heavy atom. The lowest BCUT2D eigenvalue weighted by Gasteiger charge is -2.29. The second-order valence-corrected chi connectivity index (χ2v) is 5.88. The van der Waals surface area contributed by atoms with Gasteiger partial charge in [-0.25, -0.2) is 14.8 Å². The minimum absolute atomic E-state index is 0.258. The fourth-order valence-corrected chi connectivity index (χ4v) is 3.15. The first kappa shape index (κ1) is 13.8. The molecule has 3 rings (SSSR count). The molecule has 0 radical (unpaired) electrons. The molecule has 5 heteroatoms. The average molecular weight is 285 g/mol. The number of fused-ring (bicyclic) bond motifs is 1. The Morgan fingerprint density at radius 2 is 2.19 bits per heavy atom. The lowest BCUT2D eigenvalue weighted by molar-refractivity contribution is 0.0697. The summed E-state index contributed by atoms with van der Waals surface area (Å²) in [6, 6.07) is 5.55. The van der Waals surface area contributed by atoms with E-state index in [2.05, 4.69) is 28.7 Å². The molecule has 1 unspecified atom stereocenters. The molecule has 0 aliphatic carbocycles. The molecule has 110 valence electrons. The molecule has 0 amide bonds. The third kappa shape index (κ3) is 2.44. The fourth-order valence-electron chi connectivity index (χ4n) is 3.15. The summed E-state index contributed by atoms with van der Waals surface area (Å²) in [6.07, 6.45) is 3.87. The van der Waals surface area contributed by atoms with Crippen LogP contribution in [0.5, 0.6) is 0 Å². The van der Waals surface area contributed by atoms with E-state index in [9.17, 15) is 4.79 Å². The van der Waals surface area contributed by atoms with Gasteiger partial charge in [-0.3, -0.25) is 0 Å². The molecule has 1 aromatic heterocycles. The lowest BCUT2D eigenvalue weighted by Crippen LogP contribution is -2.34. The van der Waals surface area contributed by atoms with E-state index in [1.807, 2.05) is 6.07 Å². The molecule has 1 aliphatic heterocycles. The molecule has 1 saturated heterocycles. The molecule has 21 heavy (non-hydrogen) atoms. The van der Waals surface area contributed by atoms with Crippen molar-refractivity contribution >= 4 is 22.7 Å². The zero-order valence-electron chi connectivity index (χ0n) is 12.3. The van der Waals surface area contributed by atoms with Crippen molar-refractivity contribution in [2.75, 3.05) is 11.4 Å². The van der Waals surface area contributed by atoms with Gasteiger partial charge in [0.15, 0.2) is 0 Å². The highest BCUT2D eigenvalue weighted by molar-refractivity contribution is 5.96. The van der Waals surface area contributed by atoms with Crippen LogP contribution in [0.3, 0.4) is 0 Å². The minimum atomic E-state index is -0.932. The molecule has 1 aliphatic rings. The van der Waals surface area contributed by atoms with Crippen LogP contribution in [0.1, 0.15) is 37.0 Å². The maximum Gasteiger partial charge on any atom is 0.335 e. The van der Waals surface area contributed by atoms with Gasteiger partial charge in [-0.05, 0) is 37.0 Å². The van der Waals surface area contributed by atoms with Crippen molar-refractivity contribution in [1.29, 1.82) is 0 Å². The van der Waals surface area contributed by atoms with E-state index in [4.69, 9.17) is 5.11 Å². The summed E-state index contributed by atoms with van der Waals surface area (Å²) in [5.74, 6) is 0.558. The normalized spacial score (nSPS) is 18.6. The Kier molecular flexibility index (Phi) is 3.49. The van der Waals surface area contributed by atoms with Crippen molar-refractivity contribution in [3.63, 3.8) is 0 Å². The van der Waals surface area contributed by atoms with Crippen LogP contribution in [0.15, 0.2) is 24.5 Å². The number of carboxylic acid groups (broad SMARTS) is 1. The van der Waals surface area contributed by atoms with Gasteiger partial charge in [0.05, 0.1) is 11.1 Å². The minimum Gasteiger partial charge on any atom is -0.478 e. The van der Waals surface area contributed by atoms with Crippen molar-refractivity contribution < 1.29 is 9.90 Å². The number of benzene rings is 1. The van der Waals surface area contributed by atoms with Crippen LogP contribution in [-0.2, 0) is 0 Å². The Morgan fingerprint density at radius 1 is 1.38 bits per heavy atom. The van der Waals surface area contributed by atoms with Gasteiger partial charge >= 0.3 is 5.97 Å². The van der Waals surface area contributed by atoms with Gasteiger partial charge in [0.25, 0.3) is 0 Å². The number of anilines is 1. The molecular weight excluding hydrogens is 266 g/mol. The van der Waals surface area contributed by atoms with Gasteiger partial charge in [0.2, 0.25) is 0 Å². The first-order valence-electron chi connectivity index (χ1n) is 7.32. The van der Waals surface area contributed by atoms with E-state index < -0.39 is 5.97 Å². The summed E-state index contributed by atoms with van der Waals surface area (Å²) in [5.41, 5.74) is 0.947. The number of rotatable bonds is 3. The SMILES string of the molecule is CC(C)C1CCCN1c1ncnc2cc(C(=O)O)ccc12. The standard InChI is InChI=1S/C16H19N3O2/c1-10(2)14-4-3-7-19(14)15-12-6-5-11(16(20)21)8-13(12)17-9-18-15/h5-6,8-10,14H,3-4,7H2,1-2H3,(H,20,21). The Bertz CT molecular complexity index is 684. The number of hydrogen-bond donors (Lipinski definition) is 1. The van der Waals surface area contributed by atoms with Gasteiger partial charge in [0.1, 0.15) is 12.1 Å². The van der Waals surface area contributed by atoms with Crippen LogP contribution in [0.2, 0.25) is 0 Å². The van der Waals surface area contributed by atoms with Crippen molar-refractivity contribution in [3.8, 4) is 0 Å². The van der Waals surface area contributed by atoms with E-state index >= 15 is 0 Å². The molecule has 0 bridgehead atoms. The number of nitrogens with zero attached hydrogens (tertiary/aromatic N) is 3. The highest BCUT2D eigenvalue weighted by Gasteiger charge is 2.29. The largest absolute Gasteiger partial charge is 0.478 e. The Hall–Kier alpha value is -2.17. The maximum atomic E-state index is 11.1. The molecule has 0 spiro atoms. The van der Waals surface area contributed by atoms with E-state index in [-0.39, 0.29) is 5.56 Å². The summed E-state index contributed by atoms with van der Waals surface area (Å²) >= 11 is 0. The average Bonchev–Trinajstić information content (AvgIpc) is 2.95. The lowest BCUT2D eigenvalue weighted by atomic mass is 10.0. The van der Waals surface area contributed by atoms with Crippen LogP contribution < -0.4 is 4.90 Å². The van der Waals surface area contributed by atoms with E-state index in [1.165, 1.54) is 19.2 Å². The number of aromatic carboxylic acids is 1. The molecule has 5 nitrogen and oxygen atoms in total. The van der Waals surface area contributed by atoms with Crippen molar-refractivity contribution in [1.82, 2.24) is 9.97 Å². The van der Waals surface area contributed by atoms with Crippen LogP contribution in [-0.4, -0.2) is 33.6 Å². The molecule has 1 N–H and O–H groups in total. The van der Waals surface area contributed by atoms with Gasteiger partial charge in [-0.15, -0.1) is 0 Å². The van der Waals surface area contributed by atoms with E-state index in [0.717, 1.165) is 17.7 Å². The fraction of sp³-hybridized carbons (Fsp3) is 0.438. The first-order chi connectivity index (χ1) is 10.1. The highest BCUT2D eigenvalue weighted by atomic mass is 16.4. The second-order valence-electron chi connectivity index (χ2n) is 5.88. The summed E-state index contributed by atoms with van der Waals surface area (Å²) in [6.45, 7) is 5.46. The third-order valence-corrected chi connectivity index (χ3v) is 4.20. The van der Waals surface area contributed by atoms with Gasteiger partial charge in [-0.2, -0.15) is 0 Å². The van der Waals surface area contributed by atoms with Gasteiger partial charge in [-0.1, -0.05) is 13.8 Å². The molecule has 2 aromatic rings. The number of aromatic nitrogens is 2. The van der Waals surface area contributed by atoms with Gasteiger partial charge < -0.3 is 10.0 Å². The summed E-state index contributed by atoms with van der Waals surface area (Å²) in [7, 11) is 0. The van der Waals surface area contributed by atoms with Crippen LogP contribution in [0, 0.1) is 5.92 Å². The maximum absolute atomic E-state index is 11.1. The summed E-state index contributed by atoms with van der Waals surface area (Å²) in [5, 5.41) is 10.0. The summed E-state index contributed by atoms with van der Waals surface area (Å²) in [4.78, 5) is 22.1. The molecule has 0 saturated carbocycles. The van der Waals surface area contributed by atoms with Crippen molar-refractivity contribution in [3.05, 3.63) is 30.1 Å². The number of carbonyl (C=O) groups is 1. The Balaban J connectivity index is 2.09. The van der Waals surface area contributed by atoms with E-state index in [1.54, 1.807) is 12.1 Å². The highest BCUT2D eigenvalue weighted by Crippen LogP contribution is 2.32. The van der Waals surface area contributed by atoms with Crippen LogP contribution in [0.4, 0.5) is 5.82 Å². The van der Waals surface area contributed by atoms with Gasteiger partial charge in [0, 0.05) is 18.0 Å². The first-order valence-corrected chi connectivity index (χ1v) is 7.32. The molecule has 1 fully saturated rings. The predicted octanol–water partition coefficient (Wildman–Crippen LogP) is 2.95. The third-order valence-electron chi connectivity index (χ3n) is 4.20. The number of carboxylic acids is 1. The predicted molar refractivity (Wildman–Crippen MR) is 81.7 cm³/mol. The van der Waals surface area contributed by atoms with Crippen molar-refractivity contribution in [2.24, 2.45) is 5.92 Å². The molecule has 2 heterocycles. The Labute approximate surface area is 123 Å². The zero-order valence-corrected chi connectivity index (χ0v) is 12.3.